The summed E-state index contributed by atoms with van der Waals surface area (Å²) in [5.41, 5.74) is 13.2. The number of nitrogens with zero attached hydrogens (tertiary/aromatic N) is 3. The fraction of sp³-hybridized carbons (Fsp3) is 0.0870. The maximum Gasteiger partial charge on any atom is 0.126 e. The first-order valence-corrected chi connectivity index (χ1v) is 9.23. The Bertz CT molecular complexity index is 1200. The van der Waals surface area contributed by atoms with Gasteiger partial charge in [0.25, 0.3) is 0 Å². The van der Waals surface area contributed by atoms with E-state index in [0.717, 1.165) is 39.5 Å². The third kappa shape index (κ3) is 4.09. The molecule has 2 aromatic heterocycles. The van der Waals surface area contributed by atoms with E-state index in [9.17, 15) is 0 Å². The molecule has 0 atom stereocenters. The minimum atomic E-state index is 0.568. The van der Waals surface area contributed by atoms with Gasteiger partial charge < -0.3 is 11.1 Å². The van der Waals surface area contributed by atoms with Crippen LogP contribution in [0, 0.1) is 18.3 Å². The van der Waals surface area contributed by atoms with Crippen LogP contribution in [0.5, 0.6) is 0 Å². The van der Waals surface area contributed by atoms with Crippen molar-refractivity contribution >= 4 is 11.5 Å². The highest BCUT2D eigenvalue weighted by Gasteiger charge is 2.07. The Morgan fingerprint density at radius 3 is 2.76 bits per heavy atom. The van der Waals surface area contributed by atoms with E-state index in [1.54, 1.807) is 6.20 Å². The van der Waals surface area contributed by atoms with Gasteiger partial charge in [-0.05, 0) is 66.1 Å². The molecule has 142 valence electrons. The molecule has 29 heavy (non-hydrogen) atoms. The summed E-state index contributed by atoms with van der Waals surface area (Å²) in [5, 5.41) is 19.8. The van der Waals surface area contributed by atoms with E-state index in [-0.39, 0.29) is 0 Å². The maximum absolute atomic E-state index is 9.05. The summed E-state index contributed by atoms with van der Waals surface area (Å²) < 4.78 is 0. The molecule has 6 heteroatoms. The molecule has 6 nitrogen and oxygen atoms in total. The number of rotatable bonds is 5. The molecule has 0 aliphatic carbocycles. The van der Waals surface area contributed by atoms with Crippen LogP contribution in [0.1, 0.15) is 16.8 Å². The first-order valence-electron chi connectivity index (χ1n) is 9.23. The highest BCUT2D eigenvalue weighted by atomic mass is 15.1. The lowest BCUT2D eigenvalue weighted by molar-refractivity contribution is 0.976. The monoisotopic (exact) mass is 380 g/mol. The van der Waals surface area contributed by atoms with E-state index in [0.29, 0.717) is 17.8 Å². The molecule has 2 aromatic carbocycles. The Kier molecular flexibility index (Phi) is 4.95. The van der Waals surface area contributed by atoms with Crippen molar-refractivity contribution in [1.29, 1.82) is 5.26 Å². The molecule has 0 spiro atoms. The predicted molar refractivity (Wildman–Crippen MR) is 115 cm³/mol. The Morgan fingerprint density at radius 1 is 1.07 bits per heavy atom. The third-order valence-corrected chi connectivity index (χ3v) is 4.70. The Labute approximate surface area is 169 Å². The summed E-state index contributed by atoms with van der Waals surface area (Å²) in [6, 6.07) is 21.5. The first-order chi connectivity index (χ1) is 14.1. The van der Waals surface area contributed by atoms with Crippen LogP contribution in [-0.4, -0.2) is 15.2 Å². The highest BCUT2D eigenvalue weighted by Crippen LogP contribution is 2.26. The fourth-order valence-corrected chi connectivity index (χ4v) is 3.24. The van der Waals surface area contributed by atoms with Gasteiger partial charge in [-0.2, -0.15) is 10.4 Å². The van der Waals surface area contributed by atoms with E-state index < -0.39 is 0 Å². The van der Waals surface area contributed by atoms with Gasteiger partial charge >= 0.3 is 0 Å². The van der Waals surface area contributed by atoms with Crippen molar-refractivity contribution < 1.29 is 0 Å². The van der Waals surface area contributed by atoms with Gasteiger partial charge in [0.1, 0.15) is 5.82 Å². The molecule has 4 aromatic rings. The zero-order valence-electron chi connectivity index (χ0n) is 16.0. The van der Waals surface area contributed by atoms with Crippen LogP contribution in [0.15, 0.2) is 66.9 Å². The third-order valence-electron chi connectivity index (χ3n) is 4.70. The number of aromatic nitrogens is 3. The molecule has 4 rings (SSSR count). The number of aromatic amines is 1. The zero-order chi connectivity index (χ0) is 20.2. The normalized spacial score (nSPS) is 10.5. The van der Waals surface area contributed by atoms with Gasteiger partial charge in [-0.3, -0.25) is 5.10 Å². The molecule has 0 saturated carbocycles. The second-order valence-electron chi connectivity index (χ2n) is 6.83. The van der Waals surface area contributed by atoms with E-state index >= 15 is 0 Å². The number of pyridine rings is 1. The SMILES string of the molecule is Cc1cc(C#N)ccc1-c1ccnc(NCc2cc(-c3cccc(N)c3)n[nH]2)c1. The van der Waals surface area contributed by atoms with Crippen molar-refractivity contribution in [3.8, 4) is 28.5 Å². The Hall–Kier alpha value is -4.11. The lowest BCUT2D eigenvalue weighted by atomic mass is 9.99. The van der Waals surface area contributed by atoms with Crippen LogP contribution in [-0.2, 0) is 6.54 Å². The molecule has 2 heterocycles. The van der Waals surface area contributed by atoms with Gasteiger partial charge in [0.05, 0.1) is 29.6 Å². The number of benzene rings is 2. The second-order valence-corrected chi connectivity index (χ2v) is 6.83. The Morgan fingerprint density at radius 2 is 1.97 bits per heavy atom. The first kappa shape index (κ1) is 18.3. The highest BCUT2D eigenvalue weighted by molar-refractivity contribution is 5.70. The van der Waals surface area contributed by atoms with E-state index in [2.05, 4.69) is 26.6 Å². The lowest BCUT2D eigenvalue weighted by Gasteiger charge is -2.09. The minimum Gasteiger partial charge on any atom is -0.399 e. The van der Waals surface area contributed by atoms with Gasteiger partial charge in [0.2, 0.25) is 0 Å². The van der Waals surface area contributed by atoms with Gasteiger partial charge in [0.15, 0.2) is 0 Å². The van der Waals surface area contributed by atoms with Crippen molar-refractivity contribution in [1.82, 2.24) is 15.2 Å². The number of nitrogens with two attached hydrogens (primary N) is 1. The van der Waals surface area contributed by atoms with Crippen molar-refractivity contribution in [2.75, 3.05) is 11.1 Å². The lowest BCUT2D eigenvalue weighted by Crippen LogP contribution is -2.01. The molecule has 0 amide bonds. The summed E-state index contributed by atoms with van der Waals surface area (Å²) in [4.78, 5) is 4.41. The van der Waals surface area contributed by atoms with Crippen molar-refractivity contribution in [2.45, 2.75) is 13.5 Å². The minimum absolute atomic E-state index is 0.568. The smallest absolute Gasteiger partial charge is 0.126 e. The van der Waals surface area contributed by atoms with Crippen molar-refractivity contribution in [3.05, 3.63) is 83.7 Å². The van der Waals surface area contributed by atoms with Crippen LogP contribution in [0.4, 0.5) is 11.5 Å². The number of H-pyrrole nitrogens is 1. The number of nitrogens with one attached hydrogen (secondary N) is 2. The largest absolute Gasteiger partial charge is 0.399 e. The summed E-state index contributed by atoms with van der Waals surface area (Å²) in [6.45, 7) is 2.57. The molecule has 0 saturated heterocycles. The number of anilines is 2. The van der Waals surface area contributed by atoms with Crippen molar-refractivity contribution in [2.24, 2.45) is 0 Å². The molecular formula is C23H20N6. The van der Waals surface area contributed by atoms with Crippen LogP contribution in [0.25, 0.3) is 22.4 Å². The number of nitrogen functional groups attached to an aromatic ring is 1. The topological polar surface area (TPSA) is 103 Å². The van der Waals surface area contributed by atoms with Gasteiger partial charge in [-0.1, -0.05) is 18.2 Å². The summed E-state index contributed by atoms with van der Waals surface area (Å²) >= 11 is 0. The molecule has 0 radical (unpaired) electrons. The molecule has 0 aliphatic heterocycles. The zero-order valence-corrected chi connectivity index (χ0v) is 16.0. The molecule has 4 N–H and O–H groups in total. The summed E-state index contributed by atoms with van der Waals surface area (Å²) in [6.07, 6.45) is 1.78. The van der Waals surface area contributed by atoms with Crippen LogP contribution in [0.3, 0.4) is 0 Å². The fourth-order valence-electron chi connectivity index (χ4n) is 3.24. The quantitative estimate of drug-likeness (QED) is 0.442. The van der Waals surface area contributed by atoms with Crippen LogP contribution < -0.4 is 11.1 Å². The second kappa shape index (κ2) is 7.87. The van der Waals surface area contributed by atoms with E-state index in [4.69, 9.17) is 11.0 Å². The molecule has 0 bridgehead atoms. The molecule has 0 fully saturated rings. The molecular weight excluding hydrogens is 360 g/mol. The van der Waals surface area contributed by atoms with Crippen molar-refractivity contribution in [3.63, 3.8) is 0 Å². The number of aryl methyl sites for hydroxylation is 1. The number of hydrogen-bond donors (Lipinski definition) is 3. The van der Waals surface area contributed by atoms with E-state index in [1.807, 2.05) is 67.6 Å². The average Bonchev–Trinajstić information content (AvgIpc) is 3.21. The van der Waals surface area contributed by atoms with Gasteiger partial charge in [-0.15, -0.1) is 0 Å². The molecule has 0 aliphatic rings. The Balaban J connectivity index is 1.49. The van der Waals surface area contributed by atoms with Crippen LogP contribution in [0.2, 0.25) is 0 Å². The summed E-state index contributed by atoms with van der Waals surface area (Å²) in [7, 11) is 0. The average molecular weight is 380 g/mol. The standard InChI is InChI=1S/C23H20N6/c1-15-9-16(13-24)5-6-21(15)17-7-8-26-23(11-17)27-14-20-12-22(29-28-20)18-3-2-4-19(25)10-18/h2-12H,14,25H2,1H3,(H,26,27)(H,28,29). The van der Waals surface area contributed by atoms with Gasteiger partial charge in [0, 0.05) is 17.4 Å². The number of nitriles is 1. The van der Waals surface area contributed by atoms with Gasteiger partial charge in [-0.25, -0.2) is 4.98 Å². The predicted octanol–water partition coefficient (Wildman–Crippen LogP) is 4.51. The van der Waals surface area contributed by atoms with Crippen LogP contribution >= 0.6 is 0 Å². The summed E-state index contributed by atoms with van der Waals surface area (Å²) in [5.74, 6) is 0.770. The van der Waals surface area contributed by atoms with E-state index in [1.165, 1.54) is 0 Å². The number of hydrogen-bond acceptors (Lipinski definition) is 5. The molecule has 0 unspecified atom stereocenters. The maximum atomic E-state index is 9.05.